The largest absolute Gasteiger partial charge is 0.497 e. The number of rotatable bonds is 3. The molecule has 0 radical (unpaired) electrons. The maximum Gasteiger partial charge on any atom is 0.227 e. The van der Waals surface area contributed by atoms with Gasteiger partial charge < -0.3 is 9.64 Å². The Hall–Kier alpha value is -1.03. The van der Waals surface area contributed by atoms with E-state index in [0.29, 0.717) is 12.3 Å². The number of alkyl halides is 1. The lowest BCUT2D eigenvalue weighted by molar-refractivity contribution is -0.117. The second kappa shape index (κ2) is 5.08. The number of anilines is 1. The van der Waals surface area contributed by atoms with Gasteiger partial charge in [-0.15, -0.1) is 0 Å². The van der Waals surface area contributed by atoms with E-state index in [1.54, 1.807) is 7.11 Å². The molecular formula is C13H16BrNO2. The van der Waals surface area contributed by atoms with Crippen molar-refractivity contribution in [1.82, 2.24) is 0 Å². The van der Waals surface area contributed by atoms with Crippen molar-refractivity contribution in [2.24, 2.45) is 5.92 Å². The maximum absolute atomic E-state index is 11.9. The number of aryl methyl sites for hydroxylation is 1. The molecule has 4 heteroatoms. The van der Waals surface area contributed by atoms with Crippen molar-refractivity contribution >= 4 is 27.5 Å². The lowest BCUT2D eigenvalue weighted by Gasteiger charge is -2.19. The van der Waals surface area contributed by atoms with Crippen LogP contribution in [0.1, 0.15) is 12.0 Å². The minimum atomic E-state index is 0.211. The summed E-state index contributed by atoms with van der Waals surface area (Å²) in [6, 6.07) is 5.82. The first-order chi connectivity index (χ1) is 8.15. The molecule has 1 amide bonds. The van der Waals surface area contributed by atoms with E-state index in [1.807, 2.05) is 30.0 Å². The molecule has 1 heterocycles. The number of hydrogen-bond donors (Lipinski definition) is 0. The van der Waals surface area contributed by atoms with Gasteiger partial charge >= 0.3 is 0 Å². The molecule has 0 spiro atoms. The molecule has 0 aromatic heterocycles. The first kappa shape index (κ1) is 12.4. The van der Waals surface area contributed by atoms with Crippen molar-refractivity contribution in [1.29, 1.82) is 0 Å². The van der Waals surface area contributed by atoms with Gasteiger partial charge in [-0.2, -0.15) is 0 Å². The van der Waals surface area contributed by atoms with E-state index < -0.39 is 0 Å². The number of nitrogens with zero attached hydrogens (tertiary/aromatic N) is 1. The molecule has 1 aromatic carbocycles. The van der Waals surface area contributed by atoms with E-state index in [1.165, 1.54) is 0 Å². The summed E-state index contributed by atoms with van der Waals surface area (Å²) < 4.78 is 5.17. The Labute approximate surface area is 110 Å². The summed E-state index contributed by atoms with van der Waals surface area (Å²) in [6.45, 7) is 2.81. The molecule has 2 rings (SSSR count). The van der Waals surface area contributed by atoms with Crippen LogP contribution in [0.3, 0.4) is 0 Å². The molecule has 1 aliphatic heterocycles. The SMILES string of the molecule is COc1ccc(N2CC(CBr)CC2=O)c(C)c1. The quantitative estimate of drug-likeness (QED) is 0.803. The monoisotopic (exact) mass is 297 g/mol. The lowest BCUT2D eigenvalue weighted by atomic mass is 10.1. The number of benzene rings is 1. The first-order valence-electron chi connectivity index (χ1n) is 5.66. The summed E-state index contributed by atoms with van der Waals surface area (Å²) in [7, 11) is 1.65. The second-order valence-corrected chi connectivity index (χ2v) is 5.03. The van der Waals surface area contributed by atoms with Crippen LogP contribution >= 0.6 is 15.9 Å². The van der Waals surface area contributed by atoms with Crippen LogP contribution in [0, 0.1) is 12.8 Å². The Morgan fingerprint density at radius 3 is 2.82 bits per heavy atom. The first-order valence-corrected chi connectivity index (χ1v) is 6.79. The van der Waals surface area contributed by atoms with Gasteiger partial charge in [-0.25, -0.2) is 0 Å². The summed E-state index contributed by atoms with van der Waals surface area (Å²) >= 11 is 3.45. The fourth-order valence-corrected chi connectivity index (χ4v) is 2.61. The molecule has 1 unspecified atom stereocenters. The van der Waals surface area contributed by atoms with Crippen LogP contribution in [0.15, 0.2) is 18.2 Å². The van der Waals surface area contributed by atoms with Gasteiger partial charge in [0.2, 0.25) is 5.91 Å². The van der Waals surface area contributed by atoms with E-state index in [2.05, 4.69) is 15.9 Å². The normalized spacial score (nSPS) is 19.8. The molecule has 1 saturated heterocycles. The predicted octanol–water partition coefficient (Wildman–Crippen LogP) is 2.75. The van der Waals surface area contributed by atoms with Gasteiger partial charge in [0, 0.05) is 24.0 Å². The van der Waals surface area contributed by atoms with E-state index in [-0.39, 0.29) is 5.91 Å². The van der Waals surface area contributed by atoms with Crippen LogP contribution in [0.5, 0.6) is 5.75 Å². The Kier molecular flexibility index (Phi) is 3.72. The minimum absolute atomic E-state index is 0.211. The summed E-state index contributed by atoms with van der Waals surface area (Å²) in [5, 5.41) is 0.879. The number of hydrogen-bond acceptors (Lipinski definition) is 2. The highest BCUT2D eigenvalue weighted by molar-refractivity contribution is 9.09. The van der Waals surface area contributed by atoms with Crippen LogP contribution < -0.4 is 9.64 Å². The summed E-state index contributed by atoms with van der Waals surface area (Å²) in [4.78, 5) is 13.8. The molecule has 1 fully saturated rings. The zero-order valence-corrected chi connectivity index (χ0v) is 11.7. The van der Waals surface area contributed by atoms with E-state index >= 15 is 0 Å². The topological polar surface area (TPSA) is 29.5 Å². The van der Waals surface area contributed by atoms with E-state index in [4.69, 9.17) is 4.74 Å². The number of halogens is 1. The van der Waals surface area contributed by atoms with Crippen LogP contribution in [0.2, 0.25) is 0 Å². The summed E-state index contributed by atoms with van der Waals surface area (Å²) in [6.07, 6.45) is 0.636. The summed E-state index contributed by atoms with van der Waals surface area (Å²) in [5.41, 5.74) is 2.08. The van der Waals surface area contributed by atoms with Crippen molar-refractivity contribution in [2.75, 3.05) is 23.9 Å². The fourth-order valence-electron chi connectivity index (χ4n) is 2.18. The van der Waals surface area contributed by atoms with Crippen LogP contribution in [0.4, 0.5) is 5.69 Å². The highest BCUT2D eigenvalue weighted by atomic mass is 79.9. The number of methoxy groups -OCH3 is 1. The van der Waals surface area contributed by atoms with Crippen LogP contribution in [-0.2, 0) is 4.79 Å². The van der Waals surface area contributed by atoms with Gasteiger partial charge in [-0.3, -0.25) is 4.79 Å². The van der Waals surface area contributed by atoms with Gasteiger partial charge in [0.25, 0.3) is 0 Å². The Morgan fingerprint density at radius 1 is 1.53 bits per heavy atom. The van der Waals surface area contributed by atoms with Crippen LogP contribution in [0.25, 0.3) is 0 Å². The lowest BCUT2D eigenvalue weighted by Crippen LogP contribution is -2.25. The van der Waals surface area contributed by atoms with Gasteiger partial charge in [0.05, 0.1) is 7.11 Å². The minimum Gasteiger partial charge on any atom is -0.497 e. The Balaban J connectivity index is 2.26. The highest BCUT2D eigenvalue weighted by Gasteiger charge is 2.30. The molecule has 1 aromatic rings. The van der Waals surface area contributed by atoms with Crippen LogP contribution in [-0.4, -0.2) is 24.9 Å². The standard InChI is InChI=1S/C13H16BrNO2/c1-9-5-11(17-2)3-4-12(9)15-8-10(7-14)6-13(15)16/h3-5,10H,6-8H2,1-2H3. The Morgan fingerprint density at radius 2 is 2.29 bits per heavy atom. The third-order valence-corrected chi connectivity index (χ3v) is 4.03. The second-order valence-electron chi connectivity index (χ2n) is 4.38. The third kappa shape index (κ3) is 2.46. The molecular weight excluding hydrogens is 282 g/mol. The van der Waals surface area contributed by atoms with Crippen molar-refractivity contribution in [3.63, 3.8) is 0 Å². The number of carbonyl (C=O) groups is 1. The van der Waals surface area contributed by atoms with Crippen molar-refractivity contribution in [3.05, 3.63) is 23.8 Å². The molecule has 0 aliphatic carbocycles. The fraction of sp³-hybridized carbons (Fsp3) is 0.462. The molecule has 0 N–H and O–H groups in total. The van der Waals surface area contributed by atoms with E-state index in [0.717, 1.165) is 28.9 Å². The highest BCUT2D eigenvalue weighted by Crippen LogP contribution is 2.30. The van der Waals surface area contributed by atoms with E-state index in [9.17, 15) is 4.79 Å². The molecule has 92 valence electrons. The Bertz CT molecular complexity index is 433. The van der Waals surface area contributed by atoms with Gasteiger partial charge in [0.1, 0.15) is 5.75 Å². The third-order valence-electron chi connectivity index (χ3n) is 3.12. The zero-order valence-electron chi connectivity index (χ0n) is 10.1. The predicted molar refractivity (Wildman–Crippen MR) is 72.0 cm³/mol. The number of carbonyl (C=O) groups excluding carboxylic acids is 1. The zero-order chi connectivity index (χ0) is 12.4. The smallest absolute Gasteiger partial charge is 0.227 e. The van der Waals surface area contributed by atoms with Crippen molar-refractivity contribution in [2.45, 2.75) is 13.3 Å². The molecule has 0 saturated carbocycles. The molecule has 1 atom stereocenters. The van der Waals surface area contributed by atoms with Gasteiger partial charge in [-0.1, -0.05) is 15.9 Å². The maximum atomic E-state index is 11.9. The number of ether oxygens (including phenoxy) is 1. The molecule has 0 bridgehead atoms. The number of amides is 1. The molecule has 17 heavy (non-hydrogen) atoms. The van der Waals surface area contributed by atoms with Crippen molar-refractivity contribution < 1.29 is 9.53 Å². The average Bonchev–Trinajstić information content (AvgIpc) is 2.70. The average molecular weight is 298 g/mol. The van der Waals surface area contributed by atoms with Gasteiger partial charge in [-0.05, 0) is 36.6 Å². The molecule has 3 nitrogen and oxygen atoms in total. The summed E-state index contributed by atoms with van der Waals surface area (Å²) in [5.74, 6) is 1.46. The van der Waals surface area contributed by atoms with Crippen molar-refractivity contribution in [3.8, 4) is 5.75 Å². The van der Waals surface area contributed by atoms with Gasteiger partial charge in [0.15, 0.2) is 0 Å². The molecule has 1 aliphatic rings.